The van der Waals surface area contributed by atoms with Crippen LogP contribution >= 0.6 is 24.0 Å². The first kappa shape index (κ1) is 21.3. The maximum Gasteiger partial charge on any atom is 0.191 e. The molecule has 0 saturated heterocycles. The molecular formula is C19H28IN3O2. The number of nitrogens with zero attached hydrogens (tertiary/aromatic N) is 1. The molecule has 0 bridgehead atoms. The summed E-state index contributed by atoms with van der Waals surface area (Å²) in [6.45, 7) is 7.48. The minimum absolute atomic E-state index is 0. The summed E-state index contributed by atoms with van der Waals surface area (Å²) in [7, 11) is 3.48. The van der Waals surface area contributed by atoms with E-state index in [1.807, 2.05) is 26.8 Å². The molecule has 5 nitrogen and oxygen atoms in total. The summed E-state index contributed by atoms with van der Waals surface area (Å²) >= 11 is 0. The van der Waals surface area contributed by atoms with Crippen molar-refractivity contribution in [2.75, 3.05) is 20.7 Å². The van der Waals surface area contributed by atoms with Gasteiger partial charge in [-0.3, -0.25) is 4.99 Å². The summed E-state index contributed by atoms with van der Waals surface area (Å²) in [5.41, 5.74) is 3.54. The first-order valence-electron chi connectivity index (χ1n) is 8.17. The Morgan fingerprint density at radius 2 is 1.92 bits per heavy atom. The molecule has 2 aromatic rings. The van der Waals surface area contributed by atoms with Gasteiger partial charge in [-0.25, -0.2) is 0 Å². The summed E-state index contributed by atoms with van der Waals surface area (Å²) in [5.74, 6) is 3.59. The monoisotopic (exact) mass is 457 g/mol. The van der Waals surface area contributed by atoms with Crippen LogP contribution in [0.1, 0.15) is 28.2 Å². The highest BCUT2D eigenvalue weighted by Gasteiger charge is 2.06. The summed E-state index contributed by atoms with van der Waals surface area (Å²) in [5, 5.41) is 6.65. The van der Waals surface area contributed by atoms with E-state index in [0.29, 0.717) is 6.54 Å². The molecule has 0 aliphatic rings. The van der Waals surface area contributed by atoms with Gasteiger partial charge in [0.1, 0.15) is 17.3 Å². The Balaban J connectivity index is 0.00000312. The summed E-state index contributed by atoms with van der Waals surface area (Å²) < 4.78 is 10.9. The molecule has 25 heavy (non-hydrogen) atoms. The average Bonchev–Trinajstić information content (AvgIpc) is 2.89. The summed E-state index contributed by atoms with van der Waals surface area (Å²) in [6.07, 6.45) is 0.904. The van der Waals surface area contributed by atoms with Crippen molar-refractivity contribution in [3.8, 4) is 5.75 Å². The van der Waals surface area contributed by atoms with Gasteiger partial charge in [-0.15, -0.1) is 24.0 Å². The minimum atomic E-state index is 0. The van der Waals surface area contributed by atoms with Gasteiger partial charge in [-0.1, -0.05) is 12.1 Å². The van der Waals surface area contributed by atoms with Crippen LogP contribution in [0.25, 0.3) is 0 Å². The molecule has 2 rings (SSSR count). The Hall–Kier alpha value is -1.70. The molecule has 6 heteroatoms. The summed E-state index contributed by atoms with van der Waals surface area (Å²) in [6, 6.07) is 8.36. The number of aliphatic imine (C=N–C) groups is 1. The molecule has 0 unspecified atom stereocenters. The summed E-state index contributed by atoms with van der Waals surface area (Å²) in [4.78, 5) is 4.26. The van der Waals surface area contributed by atoms with Crippen LogP contribution in [0.2, 0.25) is 0 Å². The molecule has 0 radical (unpaired) electrons. The van der Waals surface area contributed by atoms with Crippen LogP contribution in [0, 0.1) is 20.8 Å². The third kappa shape index (κ3) is 6.26. The van der Waals surface area contributed by atoms with Crippen molar-refractivity contribution in [2.24, 2.45) is 4.99 Å². The molecule has 0 aliphatic heterocycles. The van der Waals surface area contributed by atoms with E-state index in [1.54, 1.807) is 14.2 Å². The van der Waals surface area contributed by atoms with Crippen molar-refractivity contribution in [2.45, 2.75) is 33.7 Å². The lowest BCUT2D eigenvalue weighted by Crippen LogP contribution is -2.37. The Kier molecular flexibility index (Phi) is 8.82. The lowest BCUT2D eigenvalue weighted by atomic mass is 10.1. The number of aryl methyl sites for hydroxylation is 3. The highest BCUT2D eigenvalue weighted by Crippen LogP contribution is 2.19. The fourth-order valence-corrected chi connectivity index (χ4v) is 2.60. The molecule has 138 valence electrons. The fraction of sp³-hybridized carbons (Fsp3) is 0.421. The SMILES string of the molecule is CN=C(NCCc1ccc(C)c(OC)c1)NCc1cc(C)oc1C.I. The van der Waals surface area contributed by atoms with Gasteiger partial charge in [0, 0.05) is 25.7 Å². The van der Waals surface area contributed by atoms with Crippen molar-refractivity contribution in [1.29, 1.82) is 0 Å². The topological polar surface area (TPSA) is 58.8 Å². The minimum Gasteiger partial charge on any atom is -0.496 e. The van der Waals surface area contributed by atoms with Crippen molar-refractivity contribution in [1.82, 2.24) is 10.6 Å². The van der Waals surface area contributed by atoms with Gasteiger partial charge >= 0.3 is 0 Å². The second kappa shape index (κ2) is 10.3. The molecule has 0 saturated carbocycles. The van der Waals surface area contributed by atoms with E-state index in [0.717, 1.165) is 47.3 Å². The lowest BCUT2D eigenvalue weighted by Gasteiger charge is -2.12. The molecule has 2 N–H and O–H groups in total. The molecule has 1 aromatic heterocycles. The molecule has 0 fully saturated rings. The second-order valence-corrected chi connectivity index (χ2v) is 5.84. The average molecular weight is 457 g/mol. The highest BCUT2D eigenvalue weighted by atomic mass is 127. The number of nitrogens with one attached hydrogen (secondary N) is 2. The van der Waals surface area contributed by atoms with Crippen molar-refractivity contribution < 1.29 is 9.15 Å². The maximum atomic E-state index is 5.54. The predicted octanol–water partition coefficient (Wildman–Crippen LogP) is 3.74. The van der Waals surface area contributed by atoms with E-state index >= 15 is 0 Å². The van der Waals surface area contributed by atoms with Gasteiger partial charge in [0.15, 0.2) is 5.96 Å². The zero-order valence-electron chi connectivity index (χ0n) is 15.6. The largest absolute Gasteiger partial charge is 0.496 e. The Labute approximate surface area is 167 Å². The van der Waals surface area contributed by atoms with Gasteiger partial charge in [0.25, 0.3) is 0 Å². The predicted molar refractivity (Wildman–Crippen MR) is 113 cm³/mol. The van der Waals surface area contributed by atoms with Gasteiger partial charge in [0.2, 0.25) is 0 Å². The number of hydrogen-bond acceptors (Lipinski definition) is 3. The highest BCUT2D eigenvalue weighted by molar-refractivity contribution is 14.0. The van der Waals surface area contributed by atoms with E-state index < -0.39 is 0 Å². The number of ether oxygens (including phenoxy) is 1. The molecule has 0 spiro atoms. The van der Waals surface area contributed by atoms with Crippen LogP contribution in [-0.2, 0) is 13.0 Å². The van der Waals surface area contributed by atoms with E-state index in [9.17, 15) is 0 Å². The zero-order chi connectivity index (χ0) is 17.5. The Bertz CT molecular complexity index is 711. The number of halogens is 1. The van der Waals surface area contributed by atoms with Crippen molar-refractivity contribution >= 4 is 29.9 Å². The van der Waals surface area contributed by atoms with E-state index in [-0.39, 0.29) is 24.0 Å². The molecule has 1 heterocycles. The quantitative estimate of drug-likeness (QED) is 0.394. The smallest absolute Gasteiger partial charge is 0.191 e. The second-order valence-electron chi connectivity index (χ2n) is 5.84. The third-order valence-corrected chi connectivity index (χ3v) is 3.99. The number of furan rings is 1. The van der Waals surface area contributed by atoms with Crippen LogP contribution < -0.4 is 15.4 Å². The van der Waals surface area contributed by atoms with E-state index in [1.165, 1.54) is 5.56 Å². The van der Waals surface area contributed by atoms with E-state index in [2.05, 4.69) is 33.8 Å². The lowest BCUT2D eigenvalue weighted by molar-refractivity contribution is 0.411. The number of rotatable bonds is 6. The first-order valence-corrected chi connectivity index (χ1v) is 8.17. The van der Waals surface area contributed by atoms with Crippen molar-refractivity contribution in [3.63, 3.8) is 0 Å². The number of methoxy groups -OCH3 is 1. The standard InChI is InChI=1S/C19H27N3O2.HI/c1-13-6-7-16(11-18(13)23-5)8-9-21-19(20-4)22-12-17-10-14(2)24-15(17)3;/h6-7,10-11H,8-9,12H2,1-5H3,(H2,20,21,22);1H. The van der Waals surface area contributed by atoms with E-state index in [4.69, 9.17) is 9.15 Å². The van der Waals surface area contributed by atoms with Gasteiger partial charge < -0.3 is 19.8 Å². The van der Waals surface area contributed by atoms with Crippen LogP contribution in [0.3, 0.4) is 0 Å². The molecule has 0 atom stereocenters. The molecule has 0 aliphatic carbocycles. The number of guanidine groups is 1. The van der Waals surface area contributed by atoms with Crippen LogP contribution in [0.5, 0.6) is 5.75 Å². The molecule has 1 aromatic carbocycles. The van der Waals surface area contributed by atoms with Crippen LogP contribution in [0.4, 0.5) is 0 Å². The molecule has 0 amide bonds. The van der Waals surface area contributed by atoms with Crippen molar-refractivity contribution in [3.05, 3.63) is 52.5 Å². The fourth-order valence-electron chi connectivity index (χ4n) is 2.60. The maximum absolute atomic E-state index is 5.54. The molecular weight excluding hydrogens is 429 g/mol. The zero-order valence-corrected chi connectivity index (χ0v) is 17.9. The first-order chi connectivity index (χ1) is 11.5. The van der Waals surface area contributed by atoms with Gasteiger partial charge in [-0.2, -0.15) is 0 Å². The third-order valence-electron chi connectivity index (χ3n) is 3.99. The Morgan fingerprint density at radius 3 is 2.52 bits per heavy atom. The number of hydrogen-bond donors (Lipinski definition) is 2. The number of benzene rings is 1. The van der Waals surface area contributed by atoms with Crippen LogP contribution in [-0.4, -0.2) is 26.7 Å². The van der Waals surface area contributed by atoms with Crippen LogP contribution in [0.15, 0.2) is 33.7 Å². The van der Waals surface area contributed by atoms with Gasteiger partial charge in [0.05, 0.1) is 7.11 Å². The Morgan fingerprint density at radius 1 is 1.16 bits per heavy atom. The normalized spacial score (nSPS) is 11.0. The van der Waals surface area contributed by atoms with Gasteiger partial charge in [-0.05, 0) is 50.5 Å².